The molecule has 102 valence electrons. The standard InChI is InChI=1S/C15H21N3O/c1-4-11-10-13(18(5-2)17-11)15(16)12-8-6-7-9-14(12)19-3/h6-10,15H,4-5,16H2,1-3H3. The Morgan fingerprint density at radius 1 is 1.32 bits per heavy atom. The lowest BCUT2D eigenvalue weighted by molar-refractivity contribution is 0.407. The maximum absolute atomic E-state index is 6.40. The second-order valence-corrected chi connectivity index (χ2v) is 4.45. The van der Waals surface area contributed by atoms with Gasteiger partial charge in [-0.3, -0.25) is 4.68 Å². The van der Waals surface area contributed by atoms with Gasteiger partial charge in [0.25, 0.3) is 0 Å². The molecule has 1 atom stereocenters. The lowest BCUT2D eigenvalue weighted by Gasteiger charge is -2.16. The predicted molar refractivity (Wildman–Crippen MR) is 76.3 cm³/mol. The number of hydrogen-bond acceptors (Lipinski definition) is 3. The molecule has 19 heavy (non-hydrogen) atoms. The quantitative estimate of drug-likeness (QED) is 0.897. The summed E-state index contributed by atoms with van der Waals surface area (Å²) in [5.74, 6) is 0.817. The topological polar surface area (TPSA) is 53.1 Å². The normalized spacial score (nSPS) is 12.4. The van der Waals surface area contributed by atoms with Gasteiger partial charge in [0.1, 0.15) is 5.75 Å². The van der Waals surface area contributed by atoms with Crippen molar-refractivity contribution >= 4 is 0 Å². The molecule has 2 N–H and O–H groups in total. The summed E-state index contributed by atoms with van der Waals surface area (Å²) in [6.45, 7) is 4.99. The average molecular weight is 259 g/mol. The first-order valence-corrected chi connectivity index (χ1v) is 6.66. The predicted octanol–water partition coefficient (Wildman–Crippen LogP) is 2.52. The molecular weight excluding hydrogens is 238 g/mol. The van der Waals surface area contributed by atoms with Crippen molar-refractivity contribution in [1.82, 2.24) is 9.78 Å². The summed E-state index contributed by atoms with van der Waals surface area (Å²) in [5.41, 5.74) is 9.49. The summed E-state index contributed by atoms with van der Waals surface area (Å²) in [7, 11) is 1.67. The fourth-order valence-electron chi connectivity index (χ4n) is 2.25. The zero-order chi connectivity index (χ0) is 13.8. The SMILES string of the molecule is CCc1cc(C(N)c2ccccc2OC)n(CC)n1. The van der Waals surface area contributed by atoms with Crippen molar-refractivity contribution in [3.05, 3.63) is 47.3 Å². The van der Waals surface area contributed by atoms with Gasteiger partial charge in [-0.15, -0.1) is 0 Å². The molecule has 0 aliphatic rings. The van der Waals surface area contributed by atoms with E-state index in [1.165, 1.54) is 0 Å². The highest BCUT2D eigenvalue weighted by atomic mass is 16.5. The zero-order valence-electron chi connectivity index (χ0n) is 11.8. The summed E-state index contributed by atoms with van der Waals surface area (Å²) < 4.78 is 7.35. The summed E-state index contributed by atoms with van der Waals surface area (Å²) in [6, 6.07) is 9.73. The van der Waals surface area contributed by atoms with E-state index in [1.54, 1.807) is 7.11 Å². The van der Waals surface area contributed by atoms with Crippen LogP contribution in [0.25, 0.3) is 0 Å². The van der Waals surface area contributed by atoms with E-state index in [4.69, 9.17) is 10.5 Å². The monoisotopic (exact) mass is 259 g/mol. The summed E-state index contributed by atoms with van der Waals surface area (Å²) >= 11 is 0. The highest BCUT2D eigenvalue weighted by molar-refractivity contribution is 5.40. The Bertz CT molecular complexity index is 548. The van der Waals surface area contributed by atoms with Crippen LogP contribution in [0.15, 0.2) is 30.3 Å². The molecule has 0 spiro atoms. The number of para-hydroxylation sites is 1. The van der Waals surface area contributed by atoms with Gasteiger partial charge < -0.3 is 10.5 Å². The van der Waals surface area contributed by atoms with Gasteiger partial charge in [0.05, 0.1) is 24.5 Å². The van der Waals surface area contributed by atoms with Crippen LogP contribution in [0, 0.1) is 0 Å². The minimum atomic E-state index is -0.219. The minimum Gasteiger partial charge on any atom is -0.496 e. The van der Waals surface area contributed by atoms with E-state index in [1.807, 2.05) is 28.9 Å². The smallest absolute Gasteiger partial charge is 0.124 e. The molecule has 0 aliphatic carbocycles. The van der Waals surface area contributed by atoms with Crippen LogP contribution < -0.4 is 10.5 Å². The van der Waals surface area contributed by atoms with Crippen molar-refractivity contribution in [1.29, 1.82) is 0 Å². The summed E-state index contributed by atoms with van der Waals surface area (Å²) in [4.78, 5) is 0. The molecule has 0 saturated carbocycles. The van der Waals surface area contributed by atoms with E-state index in [9.17, 15) is 0 Å². The molecule has 1 aromatic heterocycles. The number of rotatable bonds is 5. The van der Waals surface area contributed by atoms with Crippen molar-refractivity contribution in [3.63, 3.8) is 0 Å². The Hall–Kier alpha value is -1.81. The van der Waals surface area contributed by atoms with Crippen LogP contribution >= 0.6 is 0 Å². The maximum atomic E-state index is 6.40. The molecule has 4 heteroatoms. The zero-order valence-corrected chi connectivity index (χ0v) is 11.8. The first-order chi connectivity index (χ1) is 9.21. The molecule has 0 bridgehead atoms. The fraction of sp³-hybridized carbons (Fsp3) is 0.400. The van der Waals surface area contributed by atoms with Gasteiger partial charge >= 0.3 is 0 Å². The van der Waals surface area contributed by atoms with Crippen molar-refractivity contribution in [2.24, 2.45) is 5.73 Å². The van der Waals surface area contributed by atoms with Crippen molar-refractivity contribution < 1.29 is 4.74 Å². The molecule has 0 radical (unpaired) electrons. The highest BCUT2D eigenvalue weighted by Crippen LogP contribution is 2.28. The second-order valence-electron chi connectivity index (χ2n) is 4.45. The number of nitrogens with zero attached hydrogens (tertiary/aromatic N) is 2. The molecule has 2 rings (SSSR count). The Labute approximate surface area is 114 Å². The Kier molecular flexibility index (Phi) is 4.22. The van der Waals surface area contributed by atoms with Crippen LogP contribution in [-0.2, 0) is 13.0 Å². The van der Waals surface area contributed by atoms with Crippen LogP contribution in [0.3, 0.4) is 0 Å². The number of methoxy groups -OCH3 is 1. The lowest BCUT2D eigenvalue weighted by atomic mass is 10.0. The van der Waals surface area contributed by atoms with Gasteiger partial charge in [0.2, 0.25) is 0 Å². The summed E-state index contributed by atoms with van der Waals surface area (Å²) in [5, 5.41) is 4.55. The van der Waals surface area contributed by atoms with Gasteiger partial charge in [-0.2, -0.15) is 5.10 Å². The van der Waals surface area contributed by atoms with Gasteiger partial charge in [-0.1, -0.05) is 25.1 Å². The Balaban J connectivity index is 2.43. The maximum Gasteiger partial charge on any atom is 0.124 e. The first kappa shape index (κ1) is 13.6. The number of ether oxygens (including phenoxy) is 1. The molecule has 1 heterocycles. The molecule has 4 nitrogen and oxygen atoms in total. The summed E-state index contributed by atoms with van der Waals surface area (Å²) in [6.07, 6.45) is 0.915. The number of hydrogen-bond donors (Lipinski definition) is 1. The molecule has 0 aliphatic heterocycles. The number of benzene rings is 1. The number of aromatic nitrogens is 2. The Morgan fingerprint density at radius 3 is 2.68 bits per heavy atom. The van der Waals surface area contributed by atoms with E-state index < -0.39 is 0 Å². The van der Waals surface area contributed by atoms with E-state index >= 15 is 0 Å². The van der Waals surface area contributed by atoms with Crippen molar-refractivity contribution in [2.75, 3.05) is 7.11 Å². The molecule has 2 aromatic rings. The van der Waals surface area contributed by atoms with E-state index in [2.05, 4.69) is 25.0 Å². The van der Waals surface area contributed by atoms with E-state index in [-0.39, 0.29) is 6.04 Å². The Morgan fingerprint density at radius 2 is 2.05 bits per heavy atom. The molecule has 1 unspecified atom stereocenters. The number of aryl methyl sites for hydroxylation is 2. The number of nitrogens with two attached hydrogens (primary N) is 1. The molecule has 0 amide bonds. The minimum absolute atomic E-state index is 0.219. The molecule has 0 fully saturated rings. The van der Waals surface area contributed by atoms with E-state index in [0.29, 0.717) is 0 Å². The third kappa shape index (κ3) is 2.63. The molecule has 0 saturated heterocycles. The second kappa shape index (κ2) is 5.89. The van der Waals surface area contributed by atoms with Gasteiger partial charge in [-0.05, 0) is 25.5 Å². The van der Waals surface area contributed by atoms with Crippen LogP contribution in [0.5, 0.6) is 5.75 Å². The van der Waals surface area contributed by atoms with Gasteiger partial charge in [0, 0.05) is 12.1 Å². The van der Waals surface area contributed by atoms with Crippen molar-refractivity contribution in [3.8, 4) is 5.75 Å². The largest absolute Gasteiger partial charge is 0.496 e. The molecule has 1 aromatic carbocycles. The van der Waals surface area contributed by atoms with Crippen LogP contribution in [0.4, 0.5) is 0 Å². The first-order valence-electron chi connectivity index (χ1n) is 6.66. The molecular formula is C15H21N3O. The average Bonchev–Trinajstić information content (AvgIpc) is 2.89. The van der Waals surface area contributed by atoms with Crippen LogP contribution in [0.1, 0.15) is 36.8 Å². The third-order valence-electron chi connectivity index (χ3n) is 3.32. The van der Waals surface area contributed by atoms with E-state index in [0.717, 1.165) is 35.7 Å². The van der Waals surface area contributed by atoms with Crippen molar-refractivity contribution in [2.45, 2.75) is 32.9 Å². The van der Waals surface area contributed by atoms with Gasteiger partial charge in [0.15, 0.2) is 0 Å². The van der Waals surface area contributed by atoms with Gasteiger partial charge in [-0.25, -0.2) is 0 Å². The lowest BCUT2D eigenvalue weighted by Crippen LogP contribution is -2.17. The highest BCUT2D eigenvalue weighted by Gasteiger charge is 2.18. The van der Waals surface area contributed by atoms with Crippen LogP contribution in [-0.4, -0.2) is 16.9 Å². The fourth-order valence-corrected chi connectivity index (χ4v) is 2.25. The van der Waals surface area contributed by atoms with Crippen LogP contribution in [0.2, 0.25) is 0 Å². The third-order valence-corrected chi connectivity index (χ3v) is 3.32.